The summed E-state index contributed by atoms with van der Waals surface area (Å²) in [5.41, 5.74) is 0.553. The van der Waals surface area contributed by atoms with E-state index in [1.807, 2.05) is 13.8 Å². The van der Waals surface area contributed by atoms with Gasteiger partial charge in [0.2, 0.25) is 5.91 Å². The lowest BCUT2D eigenvalue weighted by Crippen LogP contribution is -2.41. The molecule has 1 amide bonds. The quantitative estimate of drug-likeness (QED) is 0.808. The maximum Gasteiger partial charge on any atom is 0.242 e. The van der Waals surface area contributed by atoms with Gasteiger partial charge in [-0.3, -0.25) is 4.79 Å². The number of carbonyl (C=O) groups excluding carboxylic acids is 1. The standard InChI is InChI=1S/C15H23FN2O2/c1-5-10(3)17-15(19)11(4)18-12-7-8-14(20-6-2)13(16)9-12/h7-11,18H,5-6H2,1-4H3,(H,17,19). The topological polar surface area (TPSA) is 50.4 Å². The molecule has 0 saturated heterocycles. The highest BCUT2D eigenvalue weighted by Gasteiger charge is 2.15. The minimum Gasteiger partial charge on any atom is -0.491 e. The van der Waals surface area contributed by atoms with Gasteiger partial charge in [-0.15, -0.1) is 0 Å². The third-order valence-electron chi connectivity index (χ3n) is 3.01. The summed E-state index contributed by atoms with van der Waals surface area (Å²) < 4.78 is 18.8. The Morgan fingerprint density at radius 2 is 2.05 bits per heavy atom. The number of carbonyl (C=O) groups is 1. The van der Waals surface area contributed by atoms with Crippen LogP contribution in [0.1, 0.15) is 34.1 Å². The molecule has 2 unspecified atom stereocenters. The number of amides is 1. The molecule has 0 spiro atoms. The highest BCUT2D eigenvalue weighted by atomic mass is 19.1. The van der Waals surface area contributed by atoms with Crippen molar-refractivity contribution in [1.29, 1.82) is 0 Å². The van der Waals surface area contributed by atoms with Crippen LogP contribution in [-0.2, 0) is 4.79 Å². The second kappa shape index (κ2) is 7.72. The summed E-state index contributed by atoms with van der Waals surface area (Å²) in [6, 6.07) is 4.28. The Bertz CT molecular complexity index is 451. The predicted molar refractivity (Wildman–Crippen MR) is 78.5 cm³/mol. The second-order valence-corrected chi connectivity index (χ2v) is 4.76. The monoisotopic (exact) mass is 282 g/mol. The number of hydrogen-bond donors (Lipinski definition) is 2. The molecule has 0 aromatic heterocycles. The molecule has 0 aliphatic heterocycles. The fraction of sp³-hybridized carbons (Fsp3) is 0.533. The van der Waals surface area contributed by atoms with Gasteiger partial charge in [0.05, 0.1) is 6.61 Å². The van der Waals surface area contributed by atoms with Gasteiger partial charge in [-0.2, -0.15) is 0 Å². The largest absolute Gasteiger partial charge is 0.491 e. The van der Waals surface area contributed by atoms with E-state index in [2.05, 4.69) is 10.6 Å². The lowest BCUT2D eigenvalue weighted by molar-refractivity contribution is -0.122. The van der Waals surface area contributed by atoms with Gasteiger partial charge in [-0.1, -0.05) is 6.92 Å². The highest BCUT2D eigenvalue weighted by Crippen LogP contribution is 2.21. The molecule has 0 fully saturated rings. The van der Waals surface area contributed by atoms with Crippen molar-refractivity contribution < 1.29 is 13.9 Å². The molecule has 4 nitrogen and oxygen atoms in total. The van der Waals surface area contributed by atoms with Crippen LogP contribution in [0.4, 0.5) is 10.1 Å². The van der Waals surface area contributed by atoms with E-state index in [1.54, 1.807) is 26.0 Å². The van der Waals surface area contributed by atoms with Gasteiger partial charge in [-0.25, -0.2) is 4.39 Å². The van der Waals surface area contributed by atoms with Gasteiger partial charge < -0.3 is 15.4 Å². The summed E-state index contributed by atoms with van der Waals surface area (Å²) in [6.45, 7) is 7.91. The number of hydrogen-bond acceptors (Lipinski definition) is 3. The van der Waals surface area contributed by atoms with Crippen molar-refractivity contribution in [3.8, 4) is 5.75 Å². The van der Waals surface area contributed by atoms with E-state index in [0.717, 1.165) is 6.42 Å². The summed E-state index contributed by atoms with van der Waals surface area (Å²) in [7, 11) is 0. The zero-order chi connectivity index (χ0) is 15.1. The summed E-state index contributed by atoms with van der Waals surface area (Å²) in [4.78, 5) is 11.9. The molecular weight excluding hydrogens is 259 g/mol. The van der Waals surface area contributed by atoms with E-state index in [0.29, 0.717) is 12.3 Å². The van der Waals surface area contributed by atoms with Crippen LogP contribution in [0, 0.1) is 5.82 Å². The summed E-state index contributed by atoms with van der Waals surface area (Å²) in [6.07, 6.45) is 0.871. The zero-order valence-corrected chi connectivity index (χ0v) is 12.5. The van der Waals surface area contributed by atoms with Crippen molar-refractivity contribution in [3.63, 3.8) is 0 Å². The highest BCUT2D eigenvalue weighted by molar-refractivity contribution is 5.84. The molecule has 1 aromatic rings. The average Bonchev–Trinajstić information content (AvgIpc) is 2.41. The van der Waals surface area contributed by atoms with E-state index in [9.17, 15) is 9.18 Å². The molecule has 0 aliphatic carbocycles. The third kappa shape index (κ3) is 4.72. The molecule has 1 aromatic carbocycles. The third-order valence-corrected chi connectivity index (χ3v) is 3.01. The van der Waals surface area contributed by atoms with Crippen molar-refractivity contribution in [2.45, 2.75) is 46.2 Å². The van der Waals surface area contributed by atoms with Crippen molar-refractivity contribution in [2.75, 3.05) is 11.9 Å². The SMILES string of the molecule is CCOc1ccc(NC(C)C(=O)NC(C)CC)cc1F. The van der Waals surface area contributed by atoms with Crippen LogP contribution < -0.4 is 15.4 Å². The first-order valence-corrected chi connectivity index (χ1v) is 6.97. The molecule has 5 heteroatoms. The molecule has 0 bridgehead atoms. The first-order chi connectivity index (χ1) is 9.47. The molecule has 0 aliphatic rings. The average molecular weight is 282 g/mol. The molecule has 2 N–H and O–H groups in total. The molecule has 20 heavy (non-hydrogen) atoms. The smallest absolute Gasteiger partial charge is 0.242 e. The first kappa shape index (κ1) is 16.3. The fourth-order valence-corrected chi connectivity index (χ4v) is 1.65. The van der Waals surface area contributed by atoms with Crippen LogP contribution in [0.5, 0.6) is 5.75 Å². The molecule has 0 heterocycles. The van der Waals surface area contributed by atoms with Crippen LogP contribution in [0.3, 0.4) is 0 Å². The molecule has 0 radical (unpaired) electrons. The van der Waals surface area contributed by atoms with Gasteiger partial charge in [0.15, 0.2) is 11.6 Å². The van der Waals surface area contributed by atoms with Crippen LogP contribution in [0.15, 0.2) is 18.2 Å². The first-order valence-electron chi connectivity index (χ1n) is 6.97. The molecular formula is C15H23FN2O2. The lowest BCUT2D eigenvalue weighted by atomic mass is 10.2. The lowest BCUT2D eigenvalue weighted by Gasteiger charge is -2.18. The van der Waals surface area contributed by atoms with E-state index in [4.69, 9.17) is 4.74 Å². The summed E-state index contributed by atoms with van der Waals surface area (Å²) in [5, 5.41) is 5.85. The van der Waals surface area contributed by atoms with Gasteiger partial charge in [0.1, 0.15) is 6.04 Å². The number of rotatable bonds is 7. The van der Waals surface area contributed by atoms with E-state index in [-0.39, 0.29) is 17.7 Å². The normalized spacial score (nSPS) is 13.4. The Kier molecular flexibility index (Phi) is 6.28. The van der Waals surface area contributed by atoms with Crippen LogP contribution in [0.2, 0.25) is 0 Å². The minimum absolute atomic E-state index is 0.103. The maximum absolute atomic E-state index is 13.7. The predicted octanol–water partition coefficient (Wildman–Crippen LogP) is 2.94. The molecule has 2 atom stereocenters. The van der Waals surface area contributed by atoms with Gasteiger partial charge >= 0.3 is 0 Å². The molecule has 112 valence electrons. The van der Waals surface area contributed by atoms with Crippen LogP contribution >= 0.6 is 0 Å². The Balaban J connectivity index is 2.64. The van der Waals surface area contributed by atoms with Gasteiger partial charge in [-0.05, 0) is 39.3 Å². The van der Waals surface area contributed by atoms with Crippen LogP contribution in [0.25, 0.3) is 0 Å². The number of ether oxygens (including phenoxy) is 1. The Labute approximate surface area is 119 Å². The van der Waals surface area contributed by atoms with Crippen LogP contribution in [-0.4, -0.2) is 24.6 Å². The summed E-state index contributed by atoms with van der Waals surface area (Å²) >= 11 is 0. The Morgan fingerprint density at radius 3 is 2.60 bits per heavy atom. The van der Waals surface area contributed by atoms with Gasteiger partial charge in [0.25, 0.3) is 0 Å². The number of benzene rings is 1. The minimum atomic E-state index is -0.439. The number of nitrogens with one attached hydrogen (secondary N) is 2. The molecule has 1 rings (SSSR count). The van der Waals surface area contributed by atoms with E-state index < -0.39 is 11.9 Å². The van der Waals surface area contributed by atoms with Crippen molar-refractivity contribution in [1.82, 2.24) is 5.32 Å². The number of halogens is 1. The molecule has 0 saturated carbocycles. The Morgan fingerprint density at radius 1 is 1.35 bits per heavy atom. The summed E-state index contributed by atoms with van der Waals surface area (Å²) in [5.74, 6) is -0.324. The van der Waals surface area contributed by atoms with E-state index in [1.165, 1.54) is 6.07 Å². The van der Waals surface area contributed by atoms with Crippen molar-refractivity contribution in [3.05, 3.63) is 24.0 Å². The van der Waals surface area contributed by atoms with Crippen molar-refractivity contribution >= 4 is 11.6 Å². The fourth-order valence-electron chi connectivity index (χ4n) is 1.65. The second-order valence-electron chi connectivity index (χ2n) is 4.76. The van der Waals surface area contributed by atoms with Gasteiger partial charge in [0, 0.05) is 17.8 Å². The number of anilines is 1. The Hall–Kier alpha value is -1.78. The maximum atomic E-state index is 13.7. The zero-order valence-electron chi connectivity index (χ0n) is 12.5. The van der Waals surface area contributed by atoms with E-state index >= 15 is 0 Å². The van der Waals surface area contributed by atoms with Crippen molar-refractivity contribution in [2.24, 2.45) is 0 Å².